The number of hydrogen-bond acceptors (Lipinski definition) is 4. The summed E-state index contributed by atoms with van der Waals surface area (Å²) in [7, 11) is 0. The highest BCUT2D eigenvalue weighted by molar-refractivity contribution is 9.10. The Bertz CT molecular complexity index is 343. The van der Waals surface area contributed by atoms with Crippen LogP contribution >= 0.6 is 15.9 Å². The first-order valence-corrected chi connectivity index (χ1v) is 4.60. The third-order valence-corrected chi connectivity index (χ3v) is 2.17. The van der Waals surface area contributed by atoms with Crippen molar-refractivity contribution in [2.75, 3.05) is 11.9 Å². The molecule has 0 fully saturated rings. The van der Waals surface area contributed by atoms with Gasteiger partial charge in [0, 0.05) is 0 Å². The Hall–Kier alpha value is -1.10. The number of rotatable bonds is 1. The summed E-state index contributed by atoms with van der Waals surface area (Å²) < 4.78 is 6.02. The molecule has 1 unspecified atom stereocenters. The lowest BCUT2D eigenvalue weighted by molar-refractivity contribution is -0.109. The standard InChI is InChI=1S/C8H7BrN2O2/c9-7-2-1-6-8(11-7)10-5(3-12)4-13-6/h1-3,5H,4H2,(H,10,11). The zero-order valence-corrected chi connectivity index (χ0v) is 8.24. The number of carbonyl (C=O) groups excluding carboxylic acids is 1. The van der Waals surface area contributed by atoms with Gasteiger partial charge in [0.15, 0.2) is 11.6 Å². The molecule has 2 heterocycles. The third kappa shape index (κ3) is 1.65. The van der Waals surface area contributed by atoms with E-state index >= 15 is 0 Å². The van der Waals surface area contributed by atoms with E-state index in [2.05, 4.69) is 26.2 Å². The molecule has 1 aliphatic rings. The number of fused-ring (bicyclic) bond motifs is 1. The molecule has 0 amide bonds. The van der Waals surface area contributed by atoms with Gasteiger partial charge in [-0.1, -0.05) is 0 Å². The third-order valence-electron chi connectivity index (χ3n) is 1.73. The van der Waals surface area contributed by atoms with E-state index in [0.29, 0.717) is 22.8 Å². The normalized spacial score (nSPS) is 19.6. The summed E-state index contributed by atoms with van der Waals surface area (Å²) in [6, 6.07) is 3.30. The van der Waals surface area contributed by atoms with Gasteiger partial charge in [-0.05, 0) is 28.1 Å². The average Bonchev–Trinajstić information content (AvgIpc) is 2.16. The summed E-state index contributed by atoms with van der Waals surface area (Å²) in [4.78, 5) is 14.6. The van der Waals surface area contributed by atoms with Crippen molar-refractivity contribution in [1.29, 1.82) is 0 Å². The quantitative estimate of drug-likeness (QED) is 0.595. The van der Waals surface area contributed by atoms with E-state index in [-0.39, 0.29) is 6.04 Å². The maximum Gasteiger partial charge on any atom is 0.170 e. The Morgan fingerprint density at radius 2 is 2.54 bits per heavy atom. The van der Waals surface area contributed by atoms with Crippen LogP contribution in [0.2, 0.25) is 0 Å². The Morgan fingerprint density at radius 1 is 1.69 bits per heavy atom. The molecule has 0 aliphatic carbocycles. The SMILES string of the molecule is O=CC1COc2ccc(Br)nc2N1. The van der Waals surface area contributed by atoms with Gasteiger partial charge in [-0.25, -0.2) is 4.98 Å². The lowest BCUT2D eigenvalue weighted by atomic mass is 10.3. The minimum Gasteiger partial charge on any atom is -0.487 e. The van der Waals surface area contributed by atoms with Gasteiger partial charge in [-0.3, -0.25) is 0 Å². The van der Waals surface area contributed by atoms with Crippen molar-refractivity contribution in [3.63, 3.8) is 0 Å². The lowest BCUT2D eigenvalue weighted by Crippen LogP contribution is -2.33. The molecule has 0 saturated heterocycles. The van der Waals surface area contributed by atoms with Crippen molar-refractivity contribution in [3.8, 4) is 5.75 Å². The van der Waals surface area contributed by atoms with Gasteiger partial charge in [0.1, 0.15) is 23.5 Å². The number of carbonyl (C=O) groups is 1. The first kappa shape index (κ1) is 8.50. The van der Waals surface area contributed by atoms with Crippen LogP contribution in [0.1, 0.15) is 0 Å². The highest BCUT2D eigenvalue weighted by Crippen LogP contribution is 2.27. The number of aromatic nitrogens is 1. The summed E-state index contributed by atoms with van der Waals surface area (Å²) >= 11 is 3.24. The largest absolute Gasteiger partial charge is 0.487 e. The van der Waals surface area contributed by atoms with E-state index in [1.165, 1.54) is 0 Å². The number of nitrogens with zero attached hydrogens (tertiary/aromatic N) is 1. The van der Waals surface area contributed by atoms with Crippen LogP contribution in [0.5, 0.6) is 5.75 Å². The maximum absolute atomic E-state index is 10.5. The zero-order valence-electron chi connectivity index (χ0n) is 6.66. The highest BCUT2D eigenvalue weighted by atomic mass is 79.9. The lowest BCUT2D eigenvalue weighted by Gasteiger charge is -2.22. The minimum atomic E-state index is -0.297. The second-order valence-corrected chi connectivity index (χ2v) is 3.49. The minimum absolute atomic E-state index is 0.297. The molecule has 5 heteroatoms. The molecule has 13 heavy (non-hydrogen) atoms. The van der Waals surface area contributed by atoms with Crippen LogP contribution in [-0.2, 0) is 4.79 Å². The molecule has 0 saturated carbocycles. The van der Waals surface area contributed by atoms with Crippen LogP contribution < -0.4 is 10.1 Å². The van der Waals surface area contributed by atoms with Crippen molar-refractivity contribution >= 4 is 28.0 Å². The molecule has 2 rings (SSSR count). The fourth-order valence-electron chi connectivity index (χ4n) is 1.11. The zero-order chi connectivity index (χ0) is 9.26. The summed E-state index contributed by atoms with van der Waals surface area (Å²) in [5, 5.41) is 2.95. The number of aldehydes is 1. The van der Waals surface area contributed by atoms with Crippen LogP contribution in [0.25, 0.3) is 0 Å². The molecule has 0 spiro atoms. The second kappa shape index (κ2) is 3.33. The van der Waals surface area contributed by atoms with Crippen LogP contribution in [0, 0.1) is 0 Å². The summed E-state index contributed by atoms with van der Waals surface area (Å²) in [5.41, 5.74) is 0. The van der Waals surface area contributed by atoms with Crippen molar-refractivity contribution < 1.29 is 9.53 Å². The fraction of sp³-hybridized carbons (Fsp3) is 0.250. The Balaban J connectivity index is 2.32. The van der Waals surface area contributed by atoms with Crippen molar-refractivity contribution in [3.05, 3.63) is 16.7 Å². The van der Waals surface area contributed by atoms with E-state index in [4.69, 9.17) is 4.74 Å². The molecular weight excluding hydrogens is 236 g/mol. The number of nitrogens with one attached hydrogen (secondary N) is 1. The molecule has 1 aromatic rings. The topological polar surface area (TPSA) is 51.2 Å². The fourth-order valence-corrected chi connectivity index (χ4v) is 1.42. The van der Waals surface area contributed by atoms with Gasteiger partial charge < -0.3 is 14.8 Å². The van der Waals surface area contributed by atoms with E-state index in [9.17, 15) is 4.79 Å². The number of hydrogen-bond donors (Lipinski definition) is 1. The number of anilines is 1. The molecular formula is C8H7BrN2O2. The smallest absolute Gasteiger partial charge is 0.170 e. The van der Waals surface area contributed by atoms with Gasteiger partial charge in [0.2, 0.25) is 0 Å². The van der Waals surface area contributed by atoms with Gasteiger partial charge in [-0.2, -0.15) is 0 Å². The first-order chi connectivity index (χ1) is 6.29. The molecule has 1 N–H and O–H groups in total. The van der Waals surface area contributed by atoms with Gasteiger partial charge >= 0.3 is 0 Å². The van der Waals surface area contributed by atoms with Gasteiger partial charge in [0.05, 0.1) is 0 Å². The molecule has 0 radical (unpaired) electrons. The van der Waals surface area contributed by atoms with E-state index in [0.717, 1.165) is 6.29 Å². The number of halogens is 1. The van der Waals surface area contributed by atoms with Crippen LogP contribution in [0.3, 0.4) is 0 Å². The highest BCUT2D eigenvalue weighted by Gasteiger charge is 2.18. The van der Waals surface area contributed by atoms with Crippen molar-refractivity contribution in [1.82, 2.24) is 4.98 Å². The molecule has 1 aliphatic heterocycles. The average molecular weight is 243 g/mol. The van der Waals surface area contributed by atoms with E-state index in [1.807, 2.05) is 0 Å². The second-order valence-electron chi connectivity index (χ2n) is 2.68. The predicted molar refractivity (Wildman–Crippen MR) is 50.9 cm³/mol. The molecule has 0 aromatic carbocycles. The molecule has 68 valence electrons. The Morgan fingerprint density at radius 3 is 3.31 bits per heavy atom. The number of pyridine rings is 1. The van der Waals surface area contributed by atoms with Gasteiger partial charge in [0.25, 0.3) is 0 Å². The predicted octanol–water partition coefficient (Wildman–Crippen LogP) is 1.22. The summed E-state index contributed by atoms with van der Waals surface area (Å²) in [6.45, 7) is 0.361. The van der Waals surface area contributed by atoms with Crippen LogP contribution in [0.4, 0.5) is 5.82 Å². The van der Waals surface area contributed by atoms with Crippen LogP contribution in [-0.4, -0.2) is 23.9 Å². The Labute approximate surface area is 83.4 Å². The Kier molecular flexibility index (Phi) is 2.18. The van der Waals surface area contributed by atoms with Crippen LogP contribution in [0.15, 0.2) is 16.7 Å². The molecule has 0 bridgehead atoms. The monoisotopic (exact) mass is 242 g/mol. The van der Waals surface area contributed by atoms with E-state index in [1.54, 1.807) is 12.1 Å². The first-order valence-electron chi connectivity index (χ1n) is 3.81. The van der Waals surface area contributed by atoms with Gasteiger partial charge in [-0.15, -0.1) is 0 Å². The molecule has 1 aromatic heterocycles. The maximum atomic E-state index is 10.5. The summed E-state index contributed by atoms with van der Waals surface area (Å²) in [5.74, 6) is 1.29. The number of ether oxygens (including phenoxy) is 1. The molecule has 4 nitrogen and oxygen atoms in total. The molecule has 1 atom stereocenters. The van der Waals surface area contributed by atoms with Crippen molar-refractivity contribution in [2.24, 2.45) is 0 Å². The van der Waals surface area contributed by atoms with E-state index < -0.39 is 0 Å². The van der Waals surface area contributed by atoms with Crippen molar-refractivity contribution in [2.45, 2.75) is 6.04 Å². The summed E-state index contributed by atoms with van der Waals surface area (Å²) in [6.07, 6.45) is 0.811.